The Kier molecular flexibility index (Phi) is 5.97. The second-order valence-corrected chi connectivity index (χ2v) is 4.87. The summed E-state index contributed by atoms with van der Waals surface area (Å²) in [7, 11) is 0. The molecule has 0 saturated carbocycles. The highest BCUT2D eigenvalue weighted by atomic mass is 35.5. The number of carboxylic acids is 1. The van der Waals surface area contributed by atoms with Crippen LogP contribution in [0.5, 0.6) is 0 Å². The molecular formula is C11H12ClNO4S. The fourth-order valence-electron chi connectivity index (χ4n) is 1.10. The number of halogens is 1. The molecule has 0 aliphatic heterocycles. The van der Waals surface area contributed by atoms with Crippen LogP contribution in [0.2, 0.25) is 5.02 Å². The maximum absolute atomic E-state index is 11.4. The monoisotopic (exact) mass is 289 g/mol. The van der Waals surface area contributed by atoms with E-state index in [1.54, 1.807) is 24.3 Å². The summed E-state index contributed by atoms with van der Waals surface area (Å²) in [5.74, 6) is -1.63. The number of aliphatic hydroxyl groups is 1. The van der Waals surface area contributed by atoms with E-state index in [9.17, 15) is 9.59 Å². The predicted molar refractivity (Wildman–Crippen MR) is 68.8 cm³/mol. The van der Waals surface area contributed by atoms with Gasteiger partial charge in [-0.2, -0.15) is 0 Å². The van der Waals surface area contributed by atoms with Gasteiger partial charge >= 0.3 is 5.97 Å². The van der Waals surface area contributed by atoms with Gasteiger partial charge < -0.3 is 15.5 Å². The lowest BCUT2D eigenvalue weighted by Gasteiger charge is -2.11. The summed E-state index contributed by atoms with van der Waals surface area (Å²) < 4.78 is 0. The standard InChI is InChI=1S/C11H12ClNO4S/c12-7-1-3-8(4-2-7)18-6-10(15)13-9(5-14)11(16)17/h1-4,9,14H,5-6H2,(H,13,15)(H,16,17). The zero-order chi connectivity index (χ0) is 13.5. The Morgan fingerprint density at radius 1 is 1.33 bits per heavy atom. The molecule has 0 aliphatic carbocycles. The highest BCUT2D eigenvalue weighted by Gasteiger charge is 2.18. The van der Waals surface area contributed by atoms with Crippen LogP contribution in [0.3, 0.4) is 0 Å². The zero-order valence-electron chi connectivity index (χ0n) is 9.30. The van der Waals surface area contributed by atoms with Gasteiger partial charge in [-0.15, -0.1) is 11.8 Å². The van der Waals surface area contributed by atoms with E-state index in [1.807, 2.05) is 0 Å². The molecule has 3 N–H and O–H groups in total. The first-order valence-electron chi connectivity index (χ1n) is 5.04. The van der Waals surface area contributed by atoms with Crippen LogP contribution in [-0.4, -0.2) is 40.5 Å². The van der Waals surface area contributed by atoms with Gasteiger partial charge in [0.05, 0.1) is 12.4 Å². The summed E-state index contributed by atoms with van der Waals surface area (Å²) in [6, 6.07) is 5.68. The molecule has 98 valence electrons. The molecule has 0 aromatic heterocycles. The van der Waals surface area contributed by atoms with Crippen LogP contribution >= 0.6 is 23.4 Å². The van der Waals surface area contributed by atoms with Gasteiger partial charge in [0, 0.05) is 9.92 Å². The number of aliphatic carboxylic acids is 1. The number of amides is 1. The van der Waals surface area contributed by atoms with Crippen LogP contribution in [0.25, 0.3) is 0 Å². The fourth-order valence-corrected chi connectivity index (χ4v) is 1.94. The van der Waals surface area contributed by atoms with Crippen molar-refractivity contribution in [3.63, 3.8) is 0 Å². The minimum Gasteiger partial charge on any atom is -0.480 e. The Hall–Kier alpha value is -1.24. The molecule has 0 spiro atoms. The molecule has 18 heavy (non-hydrogen) atoms. The number of aliphatic hydroxyl groups excluding tert-OH is 1. The van der Waals surface area contributed by atoms with Gasteiger partial charge in [-0.05, 0) is 24.3 Å². The summed E-state index contributed by atoms with van der Waals surface area (Å²) in [6.45, 7) is -0.632. The summed E-state index contributed by atoms with van der Waals surface area (Å²) in [5, 5.41) is 20.2. The van der Waals surface area contributed by atoms with Crippen molar-refractivity contribution in [3.05, 3.63) is 29.3 Å². The van der Waals surface area contributed by atoms with E-state index in [-0.39, 0.29) is 5.75 Å². The molecule has 1 aromatic rings. The van der Waals surface area contributed by atoms with Crippen molar-refractivity contribution in [2.24, 2.45) is 0 Å². The molecule has 0 radical (unpaired) electrons. The molecule has 0 fully saturated rings. The maximum atomic E-state index is 11.4. The van der Waals surface area contributed by atoms with Gasteiger partial charge in [0.2, 0.25) is 5.91 Å². The van der Waals surface area contributed by atoms with Gasteiger partial charge in [-0.3, -0.25) is 4.79 Å². The first kappa shape index (κ1) is 14.8. The Bertz CT molecular complexity index is 424. The van der Waals surface area contributed by atoms with E-state index < -0.39 is 24.5 Å². The molecule has 1 amide bonds. The number of benzene rings is 1. The van der Waals surface area contributed by atoms with Crippen molar-refractivity contribution in [2.75, 3.05) is 12.4 Å². The molecule has 5 nitrogen and oxygen atoms in total. The Balaban J connectivity index is 2.41. The minimum absolute atomic E-state index is 0.0748. The van der Waals surface area contributed by atoms with Crippen molar-refractivity contribution >= 4 is 35.2 Å². The number of thioether (sulfide) groups is 1. The highest BCUT2D eigenvalue weighted by Crippen LogP contribution is 2.19. The Morgan fingerprint density at radius 3 is 2.44 bits per heavy atom. The van der Waals surface area contributed by atoms with E-state index >= 15 is 0 Å². The van der Waals surface area contributed by atoms with Gasteiger partial charge in [0.25, 0.3) is 0 Å². The van der Waals surface area contributed by atoms with Crippen LogP contribution in [0, 0.1) is 0 Å². The molecular weight excluding hydrogens is 278 g/mol. The molecule has 0 heterocycles. The summed E-state index contributed by atoms with van der Waals surface area (Å²) in [6.07, 6.45) is 0. The van der Waals surface area contributed by atoms with Crippen LogP contribution < -0.4 is 5.32 Å². The number of hydrogen-bond donors (Lipinski definition) is 3. The molecule has 1 rings (SSSR count). The average Bonchev–Trinajstić information content (AvgIpc) is 2.35. The third-order valence-electron chi connectivity index (χ3n) is 2.00. The lowest BCUT2D eigenvalue weighted by Crippen LogP contribution is -2.44. The molecule has 1 atom stereocenters. The van der Waals surface area contributed by atoms with Crippen LogP contribution in [0.15, 0.2) is 29.2 Å². The molecule has 0 bridgehead atoms. The topological polar surface area (TPSA) is 86.6 Å². The lowest BCUT2D eigenvalue weighted by molar-refractivity contribution is -0.142. The maximum Gasteiger partial charge on any atom is 0.328 e. The quantitative estimate of drug-likeness (QED) is 0.680. The van der Waals surface area contributed by atoms with Crippen molar-refractivity contribution in [1.29, 1.82) is 0 Å². The van der Waals surface area contributed by atoms with E-state index in [0.717, 1.165) is 4.90 Å². The van der Waals surface area contributed by atoms with E-state index in [1.165, 1.54) is 11.8 Å². The molecule has 0 saturated heterocycles. The molecule has 0 aliphatic rings. The predicted octanol–water partition coefficient (Wildman–Crippen LogP) is 0.994. The molecule has 7 heteroatoms. The second kappa shape index (κ2) is 7.25. The van der Waals surface area contributed by atoms with Crippen LogP contribution in [0.4, 0.5) is 0 Å². The van der Waals surface area contributed by atoms with Gasteiger partial charge in [-0.1, -0.05) is 11.6 Å². The normalized spacial score (nSPS) is 11.9. The van der Waals surface area contributed by atoms with Crippen molar-refractivity contribution in [1.82, 2.24) is 5.32 Å². The second-order valence-electron chi connectivity index (χ2n) is 3.38. The fraction of sp³-hybridized carbons (Fsp3) is 0.273. The van der Waals surface area contributed by atoms with Crippen LogP contribution in [0.1, 0.15) is 0 Å². The van der Waals surface area contributed by atoms with Gasteiger partial charge in [0.15, 0.2) is 0 Å². The van der Waals surface area contributed by atoms with Crippen LogP contribution in [-0.2, 0) is 9.59 Å². The largest absolute Gasteiger partial charge is 0.480 e. The zero-order valence-corrected chi connectivity index (χ0v) is 10.9. The van der Waals surface area contributed by atoms with Crippen molar-refractivity contribution < 1.29 is 19.8 Å². The Morgan fingerprint density at radius 2 is 1.94 bits per heavy atom. The number of carbonyl (C=O) groups excluding carboxylic acids is 1. The van der Waals surface area contributed by atoms with E-state index in [4.69, 9.17) is 21.8 Å². The highest BCUT2D eigenvalue weighted by molar-refractivity contribution is 8.00. The first-order chi connectivity index (χ1) is 8.52. The minimum atomic E-state index is -1.26. The Labute approximate surface area is 113 Å². The lowest BCUT2D eigenvalue weighted by atomic mass is 10.3. The van der Waals surface area contributed by atoms with E-state index in [0.29, 0.717) is 5.02 Å². The SMILES string of the molecule is O=C(CSc1ccc(Cl)cc1)NC(CO)C(=O)O. The summed E-state index contributed by atoms with van der Waals surface area (Å²) in [5.41, 5.74) is 0. The summed E-state index contributed by atoms with van der Waals surface area (Å²) in [4.78, 5) is 22.9. The van der Waals surface area contributed by atoms with Gasteiger partial charge in [0.1, 0.15) is 6.04 Å². The smallest absolute Gasteiger partial charge is 0.328 e. The number of hydrogen-bond acceptors (Lipinski definition) is 4. The number of carboxylic acid groups (broad SMARTS) is 1. The first-order valence-corrected chi connectivity index (χ1v) is 6.40. The van der Waals surface area contributed by atoms with Gasteiger partial charge in [-0.25, -0.2) is 4.79 Å². The van der Waals surface area contributed by atoms with E-state index in [2.05, 4.69) is 5.32 Å². The number of rotatable bonds is 6. The van der Waals surface area contributed by atoms with Crippen molar-refractivity contribution in [2.45, 2.75) is 10.9 Å². The average molecular weight is 290 g/mol. The van der Waals surface area contributed by atoms with Crippen molar-refractivity contribution in [3.8, 4) is 0 Å². The third kappa shape index (κ3) is 4.95. The molecule has 1 aromatic carbocycles. The number of nitrogens with one attached hydrogen (secondary N) is 1. The molecule has 1 unspecified atom stereocenters. The third-order valence-corrected chi connectivity index (χ3v) is 3.26. The summed E-state index contributed by atoms with van der Waals surface area (Å²) >= 11 is 6.97. The number of carbonyl (C=O) groups is 2.